The second-order valence-corrected chi connectivity index (χ2v) is 6.91. The van der Waals surface area contributed by atoms with E-state index in [1.807, 2.05) is 54.3 Å². The molecule has 0 radical (unpaired) electrons. The highest BCUT2D eigenvalue weighted by Crippen LogP contribution is 2.19. The molecule has 3 heterocycles. The van der Waals surface area contributed by atoms with Crippen molar-refractivity contribution in [3.05, 3.63) is 65.7 Å². The number of carbonyl (C=O) groups is 2. The first-order valence-corrected chi connectivity index (χ1v) is 9.28. The topological polar surface area (TPSA) is 66.7 Å². The van der Waals surface area contributed by atoms with Gasteiger partial charge in [0.05, 0.1) is 5.52 Å². The van der Waals surface area contributed by atoms with Crippen LogP contribution >= 0.6 is 0 Å². The van der Waals surface area contributed by atoms with E-state index in [9.17, 15) is 9.59 Å². The molecule has 1 saturated heterocycles. The predicted molar refractivity (Wildman–Crippen MR) is 104 cm³/mol. The van der Waals surface area contributed by atoms with Gasteiger partial charge in [0, 0.05) is 25.0 Å². The van der Waals surface area contributed by atoms with Gasteiger partial charge in [-0.1, -0.05) is 23.8 Å². The van der Waals surface area contributed by atoms with Gasteiger partial charge in [-0.3, -0.25) is 14.0 Å². The number of hydrogen-bond acceptors (Lipinski definition) is 3. The first-order chi connectivity index (χ1) is 13.1. The van der Waals surface area contributed by atoms with Crippen LogP contribution in [0.3, 0.4) is 0 Å². The van der Waals surface area contributed by atoms with E-state index in [4.69, 9.17) is 0 Å². The van der Waals surface area contributed by atoms with Crippen molar-refractivity contribution in [3.63, 3.8) is 0 Å². The maximum atomic E-state index is 13.0. The minimum atomic E-state index is -0.319. The number of hydrogen-bond donors (Lipinski definition) is 1. The number of pyridine rings is 1. The molecule has 0 atom stereocenters. The summed E-state index contributed by atoms with van der Waals surface area (Å²) in [4.78, 5) is 32.0. The van der Waals surface area contributed by atoms with E-state index in [0.717, 1.165) is 37.9 Å². The number of anilines is 1. The second-order valence-electron chi connectivity index (χ2n) is 6.91. The van der Waals surface area contributed by atoms with Crippen LogP contribution in [0.4, 0.5) is 5.69 Å². The Labute approximate surface area is 157 Å². The third-order valence-electron chi connectivity index (χ3n) is 4.91. The number of amides is 2. The quantitative estimate of drug-likeness (QED) is 0.775. The van der Waals surface area contributed by atoms with Gasteiger partial charge in [-0.05, 0) is 50.5 Å². The monoisotopic (exact) mass is 362 g/mol. The Balaban J connectivity index is 1.67. The number of nitrogens with zero attached hydrogens (tertiary/aromatic N) is 3. The lowest BCUT2D eigenvalue weighted by molar-refractivity contribution is 0.0711. The van der Waals surface area contributed by atoms with E-state index >= 15 is 0 Å². The molecule has 1 N–H and O–H groups in total. The molecule has 0 spiro atoms. The first kappa shape index (κ1) is 17.3. The van der Waals surface area contributed by atoms with Crippen LogP contribution in [0.5, 0.6) is 0 Å². The van der Waals surface area contributed by atoms with Crippen molar-refractivity contribution in [2.24, 2.45) is 0 Å². The Morgan fingerprint density at radius 1 is 1.00 bits per heavy atom. The van der Waals surface area contributed by atoms with E-state index in [-0.39, 0.29) is 17.5 Å². The van der Waals surface area contributed by atoms with Gasteiger partial charge in [0.15, 0.2) is 5.69 Å². The molecule has 0 unspecified atom stereocenters. The van der Waals surface area contributed by atoms with Gasteiger partial charge < -0.3 is 10.2 Å². The van der Waals surface area contributed by atoms with Gasteiger partial charge in [0.2, 0.25) is 5.82 Å². The molecule has 1 aromatic carbocycles. The van der Waals surface area contributed by atoms with Crippen LogP contribution in [0.1, 0.15) is 45.9 Å². The van der Waals surface area contributed by atoms with Crippen molar-refractivity contribution in [1.29, 1.82) is 0 Å². The normalized spacial score (nSPS) is 14.3. The Hall–Kier alpha value is -3.15. The van der Waals surface area contributed by atoms with Gasteiger partial charge in [-0.25, -0.2) is 4.98 Å². The highest BCUT2D eigenvalue weighted by Gasteiger charge is 2.26. The van der Waals surface area contributed by atoms with Crippen LogP contribution < -0.4 is 5.32 Å². The third-order valence-corrected chi connectivity index (χ3v) is 4.91. The summed E-state index contributed by atoms with van der Waals surface area (Å²) in [6.07, 6.45) is 4.95. The highest BCUT2D eigenvalue weighted by atomic mass is 16.2. The lowest BCUT2D eigenvalue weighted by atomic mass is 10.1. The van der Waals surface area contributed by atoms with Crippen molar-refractivity contribution in [1.82, 2.24) is 14.3 Å². The van der Waals surface area contributed by atoms with Crippen LogP contribution in [-0.2, 0) is 0 Å². The molecular formula is C21H22N4O2. The molecular weight excluding hydrogens is 340 g/mol. The van der Waals surface area contributed by atoms with Crippen molar-refractivity contribution in [2.75, 3.05) is 18.4 Å². The van der Waals surface area contributed by atoms with Crippen molar-refractivity contribution in [3.8, 4) is 0 Å². The van der Waals surface area contributed by atoms with E-state index in [0.29, 0.717) is 17.0 Å². The summed E-state index contributed by atoms with van der Waals surface area (Å²) in [5.74, 6) is -0.146. The molecule has 1 aliphatic rings. The molecule has 0 aliphatic carbocycles. The average molecular weight is 362 g/mol. The summed E-state index contributed by atoms with van der Waals surface area (Å²) in [7, 11) is 0. The molecule has 1 aliphatic heterocycles. The van der Waals surface area contributed by atoms with Crippen molar-refractivity contribution >= 4 is 23.0 Å². The zero-order valence-electron chi connectivity index (χ0n) is 15.3. The molecule has 6 nitrogen and oxygen atoms in total. The zero-order chi connectivity index (χ0) is 18.8. The number of likely N-dealkylation sites (tertiary alicyclic amines) is 1. The fourth-order valence-corrected chi connectivity index (χ4v) is 3.42. The maximum absolute atomic E-state index is 13.0. The van der Waals surface area contributed by atoms with Crippen molar-refractivity contribution in [2.45, 2.75) is 26.2 Å². The summed E-state index contributed by atoms with van der Waals surface area (Å²) in [5, 5.41) is 2.87. The van der Waals surface area contributed by atoms with E-state index < -0.39 is 0 Å². The predicted octanol–water partition coefficient (Wildman–Crippen LogP) is 3.52. The average Bonchev–Trinajstić information content (AvgIpc) is 3.10. The minimum Gasteiger partial charge on any atom is -0.336 e. The molecule has 1 fully saturated rings. The summed E-state index contributed by atoms with van der Waals surface area (Å²) in [6, 6.07) is 13.1. The van der Waals surface area contributed by atoms with Crippen LogP contribution in [0.2, 0.25) is 0 Å². The lowest BCUT2D eigenvalue weighted by Crippen LogP contribution is -2.36. The second kappa shape index (κ2) is 7.23. The molecule has 2 amide bonds. The number of aryl methyl sites for hydroxylation is 1. The molecule has 6 heteroatoms. The number of imidazole rings is 1. The fourth-order valence-electron chi connectivity index (χ4n) is 3.42. The Bertz CT molecular complexity index is 985. The molecule has 4 rings (SSSR count). The lowest BCUT2D eigenvalue weighted by Gasteiger charge is -2.25. The van der Waals surface area contributed by atoms with E-state index in [1.54, 1.807) is 10.6 Å². The SMILES string of the molecule is Cc1ccc(NC(=O)c2nc(C(=O)N3CCCCC3)n3ccccc23)cc1. The molecule has 3 aromatic rings. The summed E-state index contributed by atoms with van der Waals surface area (Å²) in [6.45, 7) is 3.48. The number of piperidine rings is 1. The van der Waals surface area contributed by atoms with Crippen LogP contribution in [0.15, 0.2) is 48.7 Å². The molecule has 0 bridgehead atoms. The largest absolute Gasteiger partial charge is 0.336 e. The Morgan fingerprint density at radius 2 is 1.74 bits per heavy atom. The molecule has 27 heavy (non-hydrogen) atoms. The van der Waals surface area contributed by atoms with Crippen LogP contribution in [0.25, 0.3) is 5.52 Å². The summed E-state index contributed by atoms with van der Waals surface area (Å²) >= 11 is 0. The van der Waals surface area contributed by atoms with Crippen LogP contribution in [-0.4, -0.2) is 39.2 Å². The van der Waals surface area contributed by atoms with Gasteiger partial charge in [-0.2, -0.15) is 0 Å². The number of rotatable bonds is 3. The first-order valence-electron chi connectivity index (χ1n) is 9.28. The molecule has 0 saturated carbocycles. The maximum Gasteiger partial charge on any atom is 0.290 e. The standard InChI is InChI=1S/C21H22N4O2/c1-15-8-10-16(11-9-15)22-20(26)18-17-7-3-6-14-25(17)19(23-18)21(27)24-12-4-2-5-13-24/h3,6-11,14H,2,4-5,12-13H2,1H3,(H,22,26). The Morgan fingerprint density at radius 3 is 2.48 bits per heavy atom. The Kier molecular flexibility index (Phi) is 4.62. The van der Waals surface area contributed by atoms with Gasteiger partial charge in [-0.15, -0.1) is 0 Å². The highest BCUT2D eigenvalue weighted by molar-refractivity contribution is 6.08. The molecule has 2 aromatic heterocycles. The zero-order valence-corrected chi connectivity index (χ0v) is 15.3. The van der Waals surface area contributed by atoms with Crippen LogP contribution in [0, 0.1) is 6.92 Å². The van der Waals surface area contributed by atoms with Crippen molar-refractivity contribution < 1.29 is 9.59 Å². The number of carbonyl (C=O) groups excluding carboxylic acids is 2. The third kappa shape index (κ3) is 3.43. The van der Waals surface area contributed by atoms with E-state index in [2.05, 4.69) is 10.3 Å². The summed E-state index contributed by atoms with van der Waals surface area (Å²) < 4.78 is 1.71. The smallest absolute Gasteiger partial charge is 0.290 e. The van der Waals surface area contributed by atoms with Gasteiger partial charge in [0.1, 0.15) is 0 Å². The number of nitrogens with one attached hydrogen (secondary N) is 1. The number of benzene rings is 1. The number of aromatic nitrogens is 2. The van der Waals surface area contributed by atoms with Gasteiger partial charge in [0.25, 0.3) is 11.8 Å². The molecule has 138 valence electrons. The fraction of sp³-hybridized carbons (Fsp3) is 0.286. The number of fused-ring (bicyclic) bond motifs is 1. The van der Waals surface area contributed by atoms with Gasteiger partial charge >= 0.3 is 0 Å². The van der Waals surface area contributed by atoms with E-state index in [1.165, 1.54) is 0 Å². The summed E-state index contributed by atoms with van der Waals surface area (Å²) in [5.41, 5.74) is 2.71. The minimum absolute atomic E-state index is 0.120.